The molecule has 0 aromatic heterocycles. The molecule has 1 aromatic rings. The molecule has 148 valence electrons. The molecule has 0 saturated heterocycles. The van der Waals surface area contributed by atoms with Crippen LogP contribution in [-0.4, -0.2) is 63.2 Å². The second-order valence-corrected chi connectivity index (χ2v) is 8.00. The van der Waals surface area contributed by atoms with Gasteiger partial charge in [0.05, 0.1) is 4.90 Å². The lowest BCUT2D eigenvalue weighted by Crippen LogP contribution is -2.44. The smallest absolute Gasteiger partial charge is 0.363 e. The molecule has 11 heteroatoms. The van der Waals surface area contributed by atoms with Crippen molar-refractivity contribution in [1.82, 2.24) is 15.1 Å². The number of nitrogens with zero attached hydrogens (tertiary/aromatic N) is 2. The van der Waals surface area contributed by atoms with Crippen molar-refractivity contribution in [2.24, 2.45) is 5.14 Å². The van der Waals surface area contributed by atoms with E-state index in [4.69, 9.17) is 17.4 Å². The van der Waals surface area contributed by atoms with E-state index in [9.17, 15) is 21.6 Å². The third-order valence-electron chi connectivity index (χ3n) is 3.34. The number of benzene rings is 1. The van der Waals surface area contributed by atoms with Crippen LogP contribution in [0.15, 0.2) is 29.2 Å². The Bertz CT molecular complexity index is 692. The normalized spacial score (nSPS) is 12.3. The molecule has 0 heterocycles. The number of halogens is 3. The number of alkyl halides is 3. The van der Waals surface area contributed by atoms with Gasteiger partial charge in [0.1, 0.15) is 6.54 Å². The van der Waals surface area contributed by atoms with Crippen LogP contribution in [0, 0.1) is 0 Å². The Balaban J connectivity index is 2.78. The molecule has 0 fully saturated rings. The number of primary sulfonamides is 1. The van der Waals surface area contributed by atoms with Gasteiger partial charge in [-0.2, -0.15) is 13.2 Å². The Morgan fingerprint density at radius 1 is 1.23 bits per heavy atom. The summed E-state index contributed by atoms with van der Waals surface area (Å²) >= 11 is 5.09. The maximum absolute atomic E-state index is 12.9. The molecule has 0 aliphatic rings. The van der Waals surface area contributed by atoms with Crippen LogP contribution in [0.25, 0.3) is 0 Å². The van der Waals surface area contributed by atoms with Gasteiger partial charge in [0.25, 0.3) is 0 Å². The summed E-state index contributed by atoms with van der Waals surface area (Å²) in [6.45, 7) is -0.0764. The highest BCUT2D eigenvalue weighted by molar-refractivity contribution is 7.89. The minimum absolute atomic E-state index is 0.00314. The summed E-state index contributed by atoms with van der Waals surface area (Å²) in [7, 11) is -0.0464. The molecule has 3 N–H and O–H groups in total. The highest BCUT2D eigenvalue weighted by atomic mass is 32.2. The molecule has 0 amide bonds. The molecular weight excluding hydrogens is 389 g/mol. The predicted octanol–water partition coefficient (Wildman–Crippen LogP) is 1.52. The van der Waals surface area contributed by atoms with E-state index in [0.29, 0.717) is 12.1 Å². The molecule has 0 aliphatic carbocycles. The monoisotopic (exact) mass is 412 g/mol. The zero-order valence-corrected chi connectivity index (χ0v) is 16.2. The third kappa shape index (κ3) is 8.79. The summed E-state index contributed by atoms with van der Waals surface area (Å²) in [5.74, 6) is 0. The fourth-order valence-electron chi connectivity index (χ4n) is 2.12. The van der Waals surface area contributed by atoms with E-state index in [-0.39, 0.29) is 16.6 Å². The first kappa shape index (κ1) is 22.6. The Morgan fingerprint density at radius 3 is 2.27 bits per heavy atom. The number of nitrogens with one attached hydrogen (secondary N) is 1. The average molecular weight is 413 g/mol. The standard InChI is InChI=1S/C15H23F3N4O2S2/c1-21(2)9-3-8-20-14(25)22(11-15(16,17)18)10-12-4-6-13(7-5-12)26(19,23)24/h4-7H,3,8-11H2,1-2H3,(H,20,25)(H2,19,23,24). The van der Waals surface area contributed by atoms with Gasteiger partial charge in [0.2, 0.25) is 10.0 Å². The molecule has 0 bridgehead atoms. The van der Waals surface area contributed by atoms with E-state index in [0.717, 1.165) is 17.9 Å². The first-order valence-electron chi connectivity index (χ1n) is 7.74. The lowest BCUT2D eigenvalue weighted by atomic mass is 10.2. The lowest BCUT2D eigenvalue weighted by molar-refractivity contribution is -0.138. The van der Waals surface area contributed by atoms with Crippen molar-refractivity contribution < 1.29 is 21.6 Å². The molecule has 1 rings (SSSR count). The van der Waals surface area contributed by atoms with Gasteiger partial charge in [0, 0.05) is 13.1 Å². The van der Waals surface area contributed by atoms with Gasteiger partial charge in [0.15, 0.2) is 5.11 Å². The second kappa shape index (κ2) is 9.49. The molecular formula is C15H23F3N4O2S2. The van der Waals surface area contributed by atoms with Crippen LogP contribution < -0.4 is 10.5 Å². The summed E-state index contributed by atoms with van der Waals surface area (Å²) in [5, 5.41) is 7.84. The number of nitrogens with two attached hydrogens (primary N) is 1. The van der Waals surface area contributed by atoms with Crippen LogP contribution in [0.3, 0.4) is 0 Å². The van der Waals surface area contributed by atoms with Gasteiger partial charge in [-0.1, -0.05) is 12.1 Å². The van der Waals surface area contributed by atoms with E-state index >= 15 is 0 Å². The number of hydrogen-bond donors (Lipinski definition) is 2. The van der Waals surface area contributed by atoms with Crippen molar-refractivity contribution in [3.8, 4) is 0 Å². The summed E-state index contributed by atoms with van der Waals surface area (Å²) in [6, 6.07) is 5.34. The van der Waals surface area contributed by atoms with Crippen molar-refractivity contribution in [3.05, 3.63) is 29.8 Å². The zero-order valence-electron chi connectivity index (χ0n) is 14.6. The molecule has 0 unspecified atom stereocenters. The Labute approximate surface area is 157 Å². The number of rotatable bonds is 8. The largest absolute Gasteiger partial charge is 0.406 e. The number of sulfonamides is 1. The SMILES string of the molecule is CN(C)CCCNC(=S)N(Cc1ccc(S(N)(=O)=O)cc1)CC(F)(F)F. The van der Waals surface area contributed by atoms with E-state index in [1.807, 2.05) is 19.0 Å². The Morgan fingerprint density at radius 2 is 1.81 bits per heavy atom. The fourth-order valence-corrected chi connectivity index (χ4v) is 2.87. The molecule has 0 aliphatic heterocycles. The molecule has 0 spiro atoms. The molecule has 26 heavy (non-hydrogen) atoms. The van der Waals surface area contributed by atoms with Crippen molar-refractivity contribution in [1.29, 1.82) is 0 Å². The third-order valence-corrected chi connectivity index (χ3v) is 4.67. The molecule has 0 saturated carbocycles. The summed E-state index contributed by atoms with van der Waals surface area (Å²) in [5.41, 5.74) is 0.485. The van der Waals surface area contributed by atoms with Crippen molar-refractivity contribution >= 4 is 27.4 Å². The maximum Gasteiger partial charge on any atom is 0.406 e. The maximum atomic E-state index is 12.9. The molecule has 0 radical (unpaired) electrons. The van der Waals surface area contributed by atoms with E-state index < -0.39 is 22.7 Å². The summed E-state index contributed by atoms with van der Waals surface area (Å²) in [6.07, 6.45) is -3.69. The molecule has 6 nitrogen and oxygen atoms in total. The van der Waals surface area contributed by atoms with Crippen LogP contribution in [0.4, 0.5) is 13.2 Å². The minimum atomic E-state index is -4.42. The summed E-state index contributed by atoms with van der Waals surface area (Å²) < 4.78 is 61.0. The van der Waals surface area contributed by atoms with Crippen LogP contribution in [0.1, 0.15) is 12.0 Å². The van der Waals surface area contributed by atoms with E-state index in [1.165, 1.54) is 24.3 Å². The first-order valence-corrected chi connectivity index (χ1v) is 9.70. The van der Waals surface area contributed by atoms with Gasteiger partial charge in [-0.3, -0.25) is 0 Å². The first-order chi connectivity index (χ1) is 11.9. The van der Waals surface area contributed by atoms with Crippen molar-refractivity contribution in [2.75, 3.05) is 33.7 Å². The van der Waals surface area contributed by atoms with Crippen LogP contribution in [0.5, 0.6) is 0 Å². The molecule has 1 aromatic carbocycles. The van der Waals surface area contributed by atoms with Gasteiger partial charge in [-0.05, 0) is 57.0 Å². The Hall–Kier alpha value is -1.43. The highest BCUT2D eigenvalue weighted by Gasteiger charge is 2.32. The van der Waals surface area contributed by atoms with Crippen LogP contribution in [0.2, 0.25) is 0 Å². The summed E-state index contributed by atoms with van der Waals surface area (Å²) in [4.78, 5) is 2.86. The zero-order chi connectivity index (χ0) is 20.0. The van der Waals surface area contributed by atoms with Gasteiger partial charge in [-0.25, -0.2) is 13.6 Å². The van der Waals surface area contributed by atoms with E-state index in [1.54, 1.807) is 0 Å². The predicted molar refractivity (Wildman–Crippen MR) is 98.1 cm³/mol. The highest BCUT2D eigenvalue weighted by Crippen LogP contribution is 2.19. The average Bonchev–Trinajstić information content (AvgIpc) is 2.49. The number of thiocarbonyl (C=S) groups is 1. The Kier molecular flexibility index (Phi) is 8.25. The molecule has 0 atom stereocenters. The van der Waals surface area contributed by atoms with Gasteiger partial charge >= 0.3 is 6.18 Å². The number of hydrogen-bond acceptors (Lipinski definition) is 4. The van der Waals surface area contributed by atoms with E-state index in [2.05, 4.69) is 5.32 Å². The topological polar surface area (TPSA) is 78.7 Å². The minimum Gasteiger partial charge on any atom is -0.363 e. The van der Waals surface area contributed by atoms with Crippen molar-refractivity contribution in [2.45, 2.75) is 24.0 Å². The van der Waals surface area contributed by atoms with Crippen LogP contribution >= 0.6 is 12.2 Å². The van der Waals surface area contributed by atoms with Crippen molar-refractivity contribution in [3.63, 3.8) is 0 Å². The van der Waals surface area contributed by atoms with Gasteiger partial charge in [-0.15, -0.1) is 0 Å². The van der Waals surface area contributed by atoms with Crippen LogP contribution in [-0.2, 0) is 16.6 Å². The fraction of sp³-hybridized carbons (Fsp3) is 0.533. The lowest BCUT2D eigenvalue weighted by Gasteiger charge is -2.27. The second-order valence-electron chi connectivity index (χ2n) is 6.05. The van der Waals surface area contributed by atoms with Gasteiger partial charge < -0.3 is 15.1 Å². The quantitative estimate of drug-likeness (QED) is 0.498.